The monoisotopic (exact) mass is 402 g/mol. The average Bonchev–Trinajstić information content (AvgIpc) is 3.23. The standard InChI is InChI=1S/C19H16F2N4O2S/c20-19(21)9-25(10-19)18(27)14-5-13(8-28-14)12-3-4-16-22-15(7-24(16)6-12)23-17(26)11-1-2-11/h3-8,11H,1-2,9-10H2,(H,23,26). The van der Waals surface area contributed by atoms with Crippen LogP contribution in [0.1, 0.15) is 22.5 Å². The minimum atomic E-state index is -2.77. The lowest BCUT2D eigenvalue weighted by Gasteiger charge is -2.38. The molecule has 0 radical (unpaired) electrons. The number of rotatable bonds is 4. The predicted molar refractivity (Wildman–Crippen MR) is 101 cm³/mol. The first-order valence-corrected chi connectivity index (χ1v) is 9.82. The molecule has 0 atom stereocenters. The fourth-order valence-corrected chi connectivity index (χ4v) is 4.09. The SMILES string of the molecule is O=C(Nc1cn2cc(-c3csc(C(=O)N4CC(F)(F)C4)c3)ccc2n1)C1CC1. The number of carbonyl (C=O) groups is 2. The van der Waals surface area contributed by atoms with E-state index in [9.17, 15) is 18.4 Å². The summed E-state index contributed by atoms with van der Waals surface area (Å²) in [5.41, 5.74) is 2.40. The molecule has 9 heteroatoms. The van der Waals surface area contributed by atoms with Crippen LogP contribution < -0.4 is 5.32 Å². The molecule has 2 fully saturated rings. The molecule has 0 bridgehead atoms. The lowest BCUT2D eigenvalue weighted by molar-refractivity contribution is -0.117. The molecule has 28 heavy (non-hydrogen) atoms. The van der Waals surface area contributed by atoms with Crippen LogP contribution in [0.25, 0.3) is 16.8 Å². The fraction of sp³-hybridized carbons (Fsp3) is 0.316. The summed E-state index contributed by atoms with van der Waals surface area (Å²) in [7, 11) is 0. The number of thiophene rings is 1. The Morgan fingerprint density at radius 3 is 2.68 bits per heavy atom. The predicted octanol–water partition coefficient (Wildman–Crippen LogP) is 3.50. The van der Waals surface area contributed by atoms with Crippen LogP contribution in [0.4, 0.5) is 14.6 Å². The number of aromatic nitrogens is 2. The van der Waals surface area contributed by atoms with Gasteiger partial charge in [0.05, 0.1) is 24.2 Å². The Hall–Kier alpha value is -2.81. The van der Waals surface area contributed by atoms with Crippen LogP contribution in [-0.2, 0) is 4.79 Å². The van der Waals surface area contributed by atoms with E-state index in [1.807, 2.05) is 28.1 Å². The number of likely N-dealkylation sites (tertiary alicyclic amines) is 1. The van der Waals surface area contributed by atoms with Gasteiger partial charge in [-0.25, -0.2) is 13.8 Å². The Labute approximate surface area is 162 Å². The van der Waals surface area contributed by atoms with E-state index in [1.165, 1.54) is 11.3 Å². The zero-order valence-electron chi connectivity index (χ0n) is 14.7. The number of fused-ring (bicyclic) bond motifs is 1. The second-order valence-corrected chi connectivity index (χ2v) is 8.20. The minimum absolute atomic E-state index is 0.00110. The van der Waals surface area contributed by atoms with Crippen LogP contribution in [0, 0.1) is 5.92 Å². The molecule has 1 aliphatic heterocycles. The maximum atomic E-state index is 13.0. The summed E-state index contributed by atoms with van der Waals surface area (Å²) < 4.78 is 27.8. The summed E-state index contributed by atoms with van der Waals surface area (Å²) in [6.45, 7) is -1.04. The van der Waals surface area contributed by atoms with E-state index in [0.717, 1.165) is 28.9 Å². The smallest absolute Gasteiger partial charge is 0.282 e. The molecule has 0 spiro atoms. The van der Waals surface area contributed by atoms with Crippen LogP contribution >= 0.6 is 11.3 Å². The molecular formula is C19H16F2N4O2S. The second kappa shape index (κ2) is 6.10. The number of nitrogens with zero attached hydrogens (tertiary/aromatic N) is 3. The van der Waals surface area contributed by atoms with Gasteiger partial charge in [-0.2, -0.15) is 0 Å². The zero-order valence-corrected chi connectivity index (χ0v) is 15.5. The highest BCUT2D eigenvalue weighted by molar-refractivity contribution is 7.12. The van der Waals surface area contributed by atoms with E-state index in [2.05, 4.69) is 10.3 Å². The summed E-state index contributed by atoms with van der Waals surface area (Å²) in [5.74, 6) is -2.52. The number of nitrogens with one attached hydrogen (secondary N) is 1. The van der Waals surface area contributed by atoms with Gasteiger partial charge in [-0.1, -0.05) is 0 Å². The zero-order chi connectivity index (χ0) is 19.5. The highest BCUT2D eigenvalue weighted by atomic mass is 32.1. The molecule has 5 rings (SSSR count). The van der Waals surface area contributed by atoms with Crippen LogP contribution in [0.3, 0.4) is 0 Å². The van der Waals surface area contributed by atoms with Crippen LogP contribution in [-0.4, -0.2) is 45.1 Å². The van der Waals surface area contributed by atoms with Gasteiger partial charge in [0.1, 0.15) is 5.65 Å². The van der Waals surface area contributed by atoms with Crippen molar-refractivity contribution in [3.05, 3.63) is 40.8 Å². The molecule has 4 heterocycles. The number of pyridine rings is 1. The van der Waals surface area contributed by atoms with Gasteiger partial charge in [-0.05, 0) is 47.5 Å². The van der Waals surface area contributed by atoms with Crippen molar-refractivity contribution in [2.24, 2.45) is 5.92 Å². The fourth-order valence-electron chi connectivity index (χ4n) is 3.21. The lowest BCUT2D eigenvalue weighted by Crippen LogP contribution is -2.58. The molecule has 1 N–H and O–H groups in total. The maximum absolute atomic E-state index is 13.0. The van der Waals surface area contributed by atoms with Crippen molar-refractivity contribution in [2.45, 2.75) is 18.8 Å². The molecule has 2 aliphatic rings. The van der Waals surface area contributed by atoms with E-state index in [-0.39, 0.29) is 17.7 Å². The first kappa shape index (κ1) is 17.3. The van der Waals surface area contributed by atoms with Gasteiger partial charge in [0, 0.05) is 12.1 Å². The number of carbonyl (C=O) groups excluding carboxylic acids is 2. The minimum Gasteiger partial charge on any atom is -0.326 e. The van der Waals surface area contributed by atoms with Crippen molar-refractivity contribution in [3.63, 3.8) is 0 Å². The molecule has 1 aliphatic carbocycles. The van der Waals surface area contributed by atoms with Gasteiger partial charge in [-0.15, -0.1) is 11.3 Å². The van der Waals surface area contributed by atoms with Gasteiger partial charge in [-0.3, -0.25) is 9.59 Å². The highest BCUT2D eigenvalue weighted by Gasteiger charge is 2.46. The maximum Gasteiger partial charge on any atom is 0.282 e. The number of anilines is 1. The molecule has 2 amide bonds. The molecule has 6 nitrogen and oxygen atoms in total. The average molecular weight is 402 g/mol. The van der Waals surface area contributed by atoms with Crippen LogP contribution in [0.15, 0.2) is 36.0 Å². The van der Waals surface area contributed by atoms with Crippen LogP contribution in [0.2, 0.25) is 0 Å². The second-order valence-electron chi connectivity index (χ2n) is 7.29. The van der Waals surface area contributed by atoms with Gasteiger partial charge in [0.15, 0.2) is 5.82 Å². The number of amides is 2. The molecule has 3 aromatic rings. The summed E-state index contributed by atoms with van der Waals surface area (Å²) in [4.78, 5) is 30.2. The summed E-state index contributed by atoms with van der Waals surface area (Å²) in [6, 6.07) is 5.43. The molecule has 3 aromatic heterocycles. The van der Waals surface area contributed by atoms with Crippen molar-refractivity contribution in [2.75, 3.05) is 18.4 Å². The first-order valence-electron chi connectivity index (χ1n) is 8.94. The molecule has 1 saturated heterocycles. The normalized spacial score (nSPS) is 18.1. The molecule has 0 aromatic carbocycles. The van der Waals surface area contributed by atoms with Crippen molar-refractivity contribution in [1.82, 2.24) is 14.3 Å². The van der Waals surface area contributed by atoms with Gasteiger partial charge in [0.2, 0.25) is 5.91 Å². The summed E-state index contributed by atoms with van der Waals surface area (Å²) >= 11 is 1.24. The third-order valence-corrected chi connectivity index (χ3v) is 5.84. The topological polar surface area (TPSA) is 66.7 Å². The van der Waals surface area contributed by atoms with E-state index in [0.29, 0.717) is 16.3 Å². The van der Waals surface area contributed by atoms with Gasteiger partial charge < -0.3 is 14.6 Å². The highest BCUT2D eigenvalue weighted by Crippen LogP contribution is 2.32. The summed E-state index contributed by atoms with van der Waals surface area (Å²) in [5, 5.41) is 4.66. The quantitative estimate of drug-likeness (QED) is 0.726. The van der Waals surface area contributed by atoms with Gasteiger partial charge in [0.25, 0.3) is 11.8 Å². The van der Waals surface area contributed by atoms with E-state index in [4.69, 9.17) is 0 Å². The molecule has 144 valence electrons. The Morgan fingerprint density at radius 1 is 1.18 bits per heavy atom. The molecule has 0 unspecified atom stereocenters. The van der Waals surface area contributed by atoms with Gasteiger partial charge >= 0.3 is 0 Å². The van der Waals surface area contributed by atoms with E-state index < -0.39 is 19.0 Å². The first-order chi connectivity index (χ1) is 13.4. The Kier molecular flexibility index (Phi) is 3.77. The summed E-state index contributed by atoms with van der Waals surface area (Å²) in [6.07, 6.45) is 5.47. The largest absolute Gasteiger partial charge is 0.326 e. The van der Waals surface area contributed by atoms with Crippen molar-refractivity contribution < 1.29 is 18.4 Å². The third-order valence-electron chi connectivity index (χ3n) is 4.93. The number of halogens is 2. The Bertz CT molecular complexity index is 1090. The number of hydrogen-bond acceptors (Lipinski definition) is 4. The van der Waals surface area contributed by atoms with E-state index >= 15 is 0 Å². The lowest BCUT2D eigenvalue weighted by atomic mass is 10.1. The Balaban J connectivity index is 1.35. The third kappa shape index (κ3) is 3.15. The van der Waals surface area contributed by atoms with E-state index in [1.54, 1.807) is 12.3 Å². The Morgan fingerprint density at radius 2 is 1.96 bits per heavy atom. The number of imidazole rings is 1. The number of hydrogen-bond donors (Lipinski definition) is 1. The molecule has 1 saturated carbocycles. The van der Waals surface area contributed by atoms with Crippen molar-refractivity contribution in [3.8, 4) is 11.1 Å². The van der Waals surface area contributed by atoms with Crippen molar-refractivity contribution in [1.29, 1.82) is 0 Å². The van der Waals surface area contributed by atoms with Crippen LogP contribution in [0.5, 0.6) is 0 Å². The number of alkyl halides is 2. The molecular weight excluding hydrogens is 386 g/mol. The van der Waals surface area contributed by atoms with Crippen molar-refractivity contribution >= 4 is 34.6 Å².